The zero-order valence-electron chi connectivity index (χ0n) is 11.2. The van der Waals surface area contributed by atoms with E-state index >= 15 is 0 Å². The fraction of sp³-hybridized carbons (Fsp3) is 0.200. The summed E-state index contributed by atoms with van der Waals surface area (Å²) in [7, 11) is 0. The Bertz CT molecular complexity index is 717. The molecule has 0 aliphatic heterocycles. The number of hydrazine groups is 1. The van der Waals surface area contributed by atoms with Gasteiger partial charge in [-0.15, -0.1) is 11.3 Å². The molecule has 0 aliphatic carbocycles. The number of rotatable bonds is 4. The van der Waals surface area contributed by atoms with Crippen molar-refractivity contribution in [3.8, 4) is 0 Å². The third-order valence-electron chi connectivity index (χ3n) is 3.30. The number of aryl methyl sites for hydroxylation is 1. The molecule has 1 atom stereocenters. The predicted octanol–water partition coefficient (Wildman–Crippen LogP) is 2.75. The topological polar surface area (TPSA) is 63.8 Å². The first-order chi connectivity index (χ1) is 9.78. The van der Waals surface area contributed by atoms with Crippen molar-refractivity contribution >= 4 is 22.2 Å². The molecule has 0 amide bonds. The molecule has 0 aliphatic rings. The van der Waals surface area contributed by atoms with Crippen LogP contribution in [-0.4, -0.2) is 9.97 Å². The largest absolute Gasteiger partial charge is 0.271 e. The Morgan fingerprint density at radius 2 is 2.15 bits per heavy atom. The van der Waals surface area contributed by atoms with Gasteiger partial charge in [-0.1, -0.05) is 18.2 Å². The monoisotopic (exact) mass is 284 g/mol. The highest BCUT2D eigenvalue weighted by atomic mass is 32.1. The van der Waals surface area contributed by atoms with E-state index in [1.807, 2.05) is 37.4 Å². The van der Waals surface area contributed by atoms with Crippen molar-refractivity contribution in [2.75, 3.05) is 0 Å². The summed E-state index contributed by atoms with van der Waals surface area (Å²) >= 11 is 1.67. The van der Waals surface area contributed by atoms with Crippen LogP contribution in [0.2, 0.25) is 0 Å². The SMILES string of the molecule is Cc1csc(CC(NN)c2ccnc3ccccc23)n1. The summed E-state index contributed by atoms with van der Waals surface area (Å²) < 4.78 is 0. The number of nitrogens with one attached hydrogen (secondary N) is 1. The molecule has 0 fully saturated rings. The van der Waals surface area contributed by atoms with Gasteiger partial charge in [0.15, 0.2) is 0 Å². The quantitative estimate of drug-likeness (QED) is 0.571. The van der Waals surface area contributed by atoms with Gasteiger partial charge < -0.3 is 0 Å². The van der Waals surface area contributed by atoms with Crippen molar-refractivity contribution in [3.05, 3.63) is 58.2 Å². The van der Waals surface area contributed by atoms with E-state index in [0.29, 0.717) is 0 Å². The standard InChI is InChI=1S/C15H16N4S/c1-10-9-20-15(18-10)8-14(19-16)12-6-7-17-13-5-3-2-4-11(12)13/h2-7,9,14,19H,8,16H2,1H3. The zero-order chi connectivity index (χ0) is 13.9. The number of fused-ring (bicyclic) bond motifs is 1. The molecule has 2 heterocycles. The van der Waals surface area contributed by atoms with Crippen molar-refractivity contribution in [1.82, 2.24) is 15.4 Å². The van der Waals surface area contributed by atoms with E-state index in [1.165, 1.54) is 0 Å². The van der Waals surface area contributed by atoms with Gasteiger partial charge in [0.1, 0.15) is 0 Å². The van der Waals surface area contributed by atoms with Crippen molar-refractivity contribution < 1.29 is 0 Å². The fourth-order valence-corrected chi connectivity index (χ4v) is 3.17. The Morgan fingerprint density at radius 1 is 1.30 bits per heavy atom. The number of para-hydroxylation sites is 1. The maximum atomic E-state index is 5.76. The van der Waals surface area contributed by atoms with Crippen LogP contribution in [0, 0.1) is 6.92 Å². The lowest BCUT2D eigenvalue weighted by Crippen LogP contribution is -2.29. The summed E-state index contributed by atoms with van der Waals surface area (Å²) in [5.41, 5.74) is 6.11. The second kappa shape index (κ2) is 5.66. The molecule has 4 nitrogen and oxygen atoms in total. The third kappa shape index (κ3) is 2.56. The molecule has 20 heavy (non-hydrogen) atoms. The minimum Gasteiger partial charge on any atom is -0.271 e. The van der Waals surface area contributed by atoms with Crippen LogP contribution in [0.1, 0.15) is 22.3 Å². The molecule has 0 saturated carbocycles. The van der Waals surface area contributed by atoms with E-state index in [9.17, 15) is 0 Å². The number of thiazole rings is 1. The third-order valence-corrected chi connectivity index (χ3v) is 4.29. The molecule has 3 aromatic rings. The Morgan fingerprint density at radius 3 is 2.90 bits per heavy atom. The molecule has 0 spiro atoms. The molecule has 3 N–H and O–H groups in total. The van der Waals surface area contributed by atoms with Crippen molar-refractivity contribution in [2.24, 2.45) is 5.84 Å². The van der Waals surface area contributed by atoms with Crippen LogP contribution in [0.5, 0.6) is 0 Å². The van der Waals surface area contributed by atoms with Gasteiger partial charge in [-0.25, -0.2) is 4.98 Å². The molecular formula is C15H16N4S. The number of aromatic nitrogens is 2. The lowest BCUT2D eigenvalue weighted by Gasteiger charge is -2.17. The Labute approximate surface area is 121 Å². The number of nitrogens with two attached hydrogens (primary N) is 1. The number of hydrogen-bond donors (Lipinski definition) is 2. The molecule has 2 aromatic heterocycles. The Kier molecular flexibility index (Phi) is 3.73. The number of benzene rings is 1. The van der Waals surface area contributed by atoms with E-state index in [0.717, 1.165) is 33.6 Å². The van der Waals surface area contributed by atoms with Crippen molar-refractivity contribution in [3.63, 3.8) is 0 Å². The smallest absolute Gasteiger partial charge is 0.0947 e. The van der Waals surface area contributed by atoms with Gasteiger partial charge >= 0.3 is 0 Å². The van der Waals surface area contributed by atoms with Gasteiger partial charge in [-0.05, 0) is 24.6 Å². The van der Waals surface area contributed by atoms with Crippen molar-refractivity contribution in [1.29, 1.82) is 0 Å². The molecule has 0 bridgehead atoms. The fourth-order valence-electron chi connectivity index (χ4n) is 2.35. The van der Waals surface area contributed by atoms with Crippen LogP contribution < -0.4 is 11.3 Å². The zero-order valence-corrected chi connectivity index (χ0v) is 12.0. The van der Waals surface area contributed by atoms with Gasteiger partial charge in [0.2, 0.25) is 0 Å². The highest BCUT2D eigenvalue weighted by molar-refractivity contribution is 7.09. The first-order valence-electron chi connectivity index (χ1n) is 6.48. The van der Waals surface area contributed by atoms with E-state index in [1.54, 1.807) is 11.3 Å². The average molecular weight is 284 g/mol. The second-order valence-corrected chi connectivity index (χ2v) is 5.67. The van der Waals surface area contributed by atoms with Crippen LogP contribution in [0.25, 0.3) is 10.9 Å². The lowest BCUT2D eigenvalue weighted by atomic mass is 10.0. The maximum Gasteiger partial charge on any atom is 0.0947 e. The predicted molar refractivity (Wildman–Crippen MR) is 82.4 cm³/mol. The number of hydrogen-bond acceptors (Lipinski definition) is 5. The first kappa shape index (κ1) is 13.2. The van der Waals surface area contributed by atoms with Gasteiger partial charge in [0.05, 0.1) is 16.6 Å². The second-order valence-electron chi connectivity index (χ2n) is 4.72. The molecule has 0 radical (unpaired) electrons. The molecular weight excluding hydrogens is 268 g/mol. The van der Waals surface area contributed by atoms with Gasteiger partial charge in [-0.2, -0.15) is 0 Å². The molecule has 3 rings (SSSR count). The van der Waals surface area contributed by atoms with Crippen molar-refractivity contribution in [2.45, 2.75) is 19.4 Å². The molecule has 0 saturated heterocycles. The minimum absolute atomic E-state index is 0.0356. The van der Waals surface area contributed by atoms with Gasteiger partial charge in [0.25, 0.3) is 0 Å². The van der Waals surface area contributed by atoms with Crippen LogP contribution in [0.3, 0.4) is 0 Å². The summed E-state index contributed by atoms with van der Waals surface area (Å²) in [5, 5.41) is 4.28. The summed E-state index contributed by atoms with van der Waals surface area (Å²) in [6.07, 6.45) is 2.61. The lowest BCUT2D eigenvalue weighted by molar-refractivity contribution is 0.553. The molecule has 5 heteroatoms. The van der Waals surface area contributed by atoms with E-state index in [-0.39, 0.29) is 6.04 Å². The van der Waals surface area contributed by atoms with E-state index < -0.39 is 0 Å². The first-order valence-corrected chi connectivity index (χ1v) is 7.36. The Balaban J connectivity index is 1.98. The Hall–Kier alpha value is -1.82. The highest BCUT2D eigenvalue weighted by Crippen LogP contribution is 2.26. The van der Waals surface area contributed by atoms with Gasteiger partial charge in [0, 0.05) is 29.1 Å². The van der Waals surface area contributed by atoms with Crippen LogP contribution in [0.4, 0.5) is 0 Å². The average Bonchev–Trinajstić information content (AvgIpc) is 2.89. The molecule has 1 aromatic carbocycles. The minimum atomic E-state index is 0.0356. The van der Waals surface area contributed by atoms with Crippen LogP contribution >= 0.6 is 11.3 Å². The van der Waals surface area contributed by atoms with Crippen LogP contribution in [0.15, 0.2) is 41.9 Å². The summed E-state index contributed by atoms with van der Waals surface area (Å²) in [4.78, 5) is 8.90. The van der Waals surface area contributed by atoms with E-state index in [4.69, 9.17) is 5.84 Å². The number of pyridine rings is 1. The highest BCUT2D eigenvalue weighted by Gasteiger charge is 2.15. The maximum absolute atomic E-state index is 5.76. The van der Waals surface area contributed by atoms with Crippen LogP contribution in [-0.2, 0) is 6.42 Å². The summed E-state index contributed by atoms with van der Waals surface area (Å²) in [5.74, 6) is 5.76. The van der Waals surface area contributed by atoms with Gasteiger partial charge in [-0.3, -0.25) is 16.3 Å². The number of nitrogens with zero attached hydrogens (tertiary/aromatic N) is 2. The molecule has 102 valence electrons. The van der Waals surface area contributed by atoms with E-state index in [2.05, 4.69) is 26.8 Å². The summed E-state index contributed by atoms with van der Waals surface area (Å²) in [6, 6.07) is 10.2. The summed E-state index contributed by atoms with van der Waals surface area (Å²) in [6.45, 7) is 2.01. The normalized spacial score (nSPS) is 12.7. The molecule has 1 unspecified atom stereocenters.